The van der Waals surface area contributed by atoms with Crippen molar-refractivity contribution in [3.05, 3.63) is 77.6 Å². The maximum absolute atomic E-state index is 13.6. The lowest BCUT2D eigenvalue weighted by molar-refractivity contribution is -0.127. The molecule has 0 radical (unpaired) electrons. The summed E-state index contributed by atoms with van der Waals surface area (Å²) >= 11 is 0. The van der Waals surface area contributed by atoms with E-state index in [-0.39, 0.29) is 17.6 Å². The average molecular weight is 410 g/mol. The third kappa shape index (κ3) is 6.00. The molecular formula is C24H28FN3O2. The summed E-state index contributed by atoms with van der Waals surface area (Å²) in [4.78, 5) is 28.0. The molecule has 0 saturated carbocycles. The number of anilines is 1. The third-order valence-corrected chi connectivity index (χ3v) is 5.38. The number of amides is 2. The molecule has 2 aromatic rings. The van der Waals surface area contributed by atoms with Crippen LogP contribution >= 0.6 is 0 Å². The molecule has 1 aliphatic heterocycles. The molecule has 1 fully saturated rings. The Morgan fingerprint density at radius 3 is 2.37 bits per heavy atom. The van der Waals surface area contributed by atoms with Crippen molar-refractivity contribution in [1.82, 2.24) is 9.80 Å². The number of benzene rings is 2. The van der Waals surface area contributed by atoms with Crippen LogP contribution in [0.2, 0.25) is 0 Å². The number of hydrogen-bond donors (Lipinski definition) is 1. The van der Waals surface area contributed by atoms with E-state index in [0.717, 1.165) is 36.4 Å². The van der Waals surface area contributed by atoms with Gasteiger partial charge in [0.2, 0.25) is 11.8 Å². The van der Waals surface area contributed by atoms with Crippen molar-refractivity contribution in [2.45, 2.75) is 26.3 Å². The standard InChI is InChI=1S/C24H28FN3O2/c1-3-24(30)28-14-12-27(13-15-28)17-20-6-9-21(10-7-20)26-23(29)11-8-19-5-4-18(2)22(25)16-19/h3-7,9-10,16H,1,8,11-15,17H2,2H3,(H,26,29). The number of hydrogen-bond acceptors (Lipinski definition) is 3. The van der Waals surface area contributed by atoms with Gasteiger partial charge in [-0.05, 0) is 54.3 Å². The average Bonchev–Trinajstić information content (AvgIpc) is 2.76. The normalized spacial score (nSPS) is 14.4. The zero-order valence-corrected chi connectivity index (χ0v) is 17.4. The second-order valence-corrected chi connectivity index (χ2v) is 7.63. The van der Waals surface area contributed by atoms with Crippen LogP contribution in [-0.4, -0.2) is 47.8 Å². The Labute approximate surface area is 177 Å². The van der Waals surface area contributed by atoms with Crippen LogP contribution in [0.25, 0.3) is 0 Å². The molecule has 0 aromatic heterocycles. The fraction of sp³-hybridized carbons (Fsp3) is 0.333. The van der Waals surface area contributed by atoms with Gasteiger partial charge in [0.25, 0.3) is 0 Å². The highest BCUT2D eigenvalue weighted by Gasteiger charge is 2.19. The van der Waals surface area contributed by atoms with Gasteiger partial charge in [-0.25, -0.2) is 4.39 Å². The predicted molar refractivity (Wildman–Crippen MR) is 117 cm³/mol. The molecule has 0 unspecified atom stereocenters. The first-order chi connectivity index (χ1) is 14.4. The highest BCUT2D eigenvalue weighted by atomic mass is 19.1. The van der Waals surface area contributed by atoms with Gasteiger partial charge in [0.05, 0.1) is 0 Å². The van der Waals surface area contributed by atoms with Crippen LogP contribution in [0.5, 0.6) is 0 Å². The summed E-state index contributed by atoms with van der Waals surface area (Å²) in [5, 5.41) is 2.89. The molecule has 0 aliphatic carbocycles. The quantitative estimate of drug-likeness (QED) is 0.712. The number of nitrogens with one attached hydrogen (secondary N) is 1. The highest BCUT2D eigenvalue weighted by molar-refractivity contribution is 5.90. The van der Waals surface area contributed by atoms with Gasteiger partial charge in [-0.1, -0.05) is 30.8 Å². The second kappa shape index (κ2) is 10.2. The largest absolute Gasteiger partial charge is 0.337 e. The van der Waals surface area contributed by atoms with E-state index in [0.29, 0.717) is 31.5 Å². The molecule has 3 rings (SSSR count). The number of rotatable bonds is 7. The molecule has 6 heteroatoms. The smallest absolute Gasteiger partial charge is 0.246 e. The Balaban J connectivity index is 1.44. The van der Waals surface area contributed by atoms with E-state index < -0.39 is 0 Å². The van der Waals surface area contributed by atoms with Crippen LogP contribution in [0.1, 0.15) is 23.1 Å². The van der Waals surface area contributed by atoms with Crippen molar-refractivity contribution < 1.29 is 14.0 Å². The van der Waals surface area contributed by atoms with E-state index in [9.17, 15) is 14.0 Å². The van der Waals surface area contributed by atoms with Gasteiger partial charge in [0, 0.05) is 44.8 Å². The van der Waals surface area contributed by atoms with Gasteiger partial charge in [-0.15, -0.1) is 0 Å². The van der Waals surface area contributed by atoms with Gasteiger partial charge in [0.1, 0.15) is 5.82 Å². The molecule has 1 saturated heterocycles. The summed E-state index contributed by atoms with van der Waals surface area (Å²) in [6.07, 6.45) is 2.17. The second-order valence-electron chi connectivity index (χ2n) is 7.63. The topological polar surface area (TPSA) is 52.7 Å². The summed E-state index contributed by atoms with van der Waals surface area (Å²) < 4.78 is 13.6. The van der Waals surface area contributed by atoms with Crippen molar-refractivity contribution in [2.75, 3.05) is 31.5 Å². The van der Waals surface area contributed by atoms with Gasteiger partial charge >= 0.3 is 0 Å². The molecule has 0 bridgehead atoms. The van der Waals surface area contributed by atoms with Crippen molar-refractivity contribution in [1.29, 1.82) is 0 Å². The SMILES string of the molecule is C=CC(=O)N1CCN(Cc2ccc(NC(=O)CCc3ccc(C)c(F)c3)cc2)CC1. The van der Waals surface area contributed by atoms with Gasteiger partial charge < -0.3 is 10.2 Å². The minimum Gasteiger partial charge on any atom is -0.337 e. The third-order valence-electron chi connectivity index (χ3n) is 5.38. The maximum Gasteiger partial charge on any atom is 0.246 e. The monoisotopic (exact) mass is 409 g/mol. The molecule has 0 spiro atoms. The summed E-state index contributed by atoms with van der Waals surface area (Å²) in [5.74, 6) is -0.341. The molecule has 0 atom stereocenters. The summed E-state index contributed by atoms with van der Waals surface area (Å²) in [6.45, 7) is 9.15. The van der Waals surface area contributed by atoms with Gasteiger partial charge in [0.15, 0.2) is 0 Å². The molecule has 2 amide bonds. The molecule has 1 aliphatic rings. The number of carbonyl (C=O) groups is 2. The molecule has 158 valence electrons. The Hall–Kier alpha value is -2.99. The van der Waals surface area contributed by atoms with E-state index >= 15 is 0 Å². The zero-order valence-electron chi connectivity index (χ0n) is 17.4. The Kier molecular flexibility index (Phi) is 7.36. The first-order valence-electron chi connectivity index (χ1n) is 10.2. The Morgan fingerprint density at radius 1 is 1.07 bits per heavy atom. The fourth-order valence-electron chi connectivity index (χ4n) is 3.48. The van der Waals surface area contributed by atoms with Crippen molar-refractivity contribution in [3.8, 4) is 0 Å². The molecule has 30 heavy (non-hydrogen) atoms. The Morgan fingerprint density at radius 2 is 1.73 bits per heavy atom. The van der Waals surface area contributed by atoms with E-state index in [1.54, 1.807) is 13.0 Å². The van der Waals surface area contributed by atoms with Crippen LogP contribution in [0.15, 0.2) is 55.1 Å². The van der Waals surface area contributed by atoms with E-state index in [1.807, 2.05) is 35.2 Å². The van der Waals surface area contributed by atoms with Crippen molar-refractivity contribution >= 4 is 17.5 Å². The highest BCUT2D eigenvalue weighted by Crippen LogP contribution is 2.15. The summed E-state index contributed by atoms with van der Waals surface area (Å²) in [7, 11) is 0. The van der Waals surface area contributed by atoms with Crippen molar-refractivity contribution in [2.24, 2.45) is 0 Å². The van der Waals surface area contributed by atoms with Crippen LogP contribution in [0, 0.1) is 12.7 Å². The Bertz CT molecular complexity index is 903. The minimum absolute atomic E-state index is 0.0118. The molecule has 5 nitrogen and oxygen atoms in total. The minimum atomic E-state index is -0.239. The summed E-state index contributed by atoms with van der Waals surface area (Å²) in [5.41, 5.74) is 3.33. The van der Waals surface area contributed by atoms with Crippen LogP contribution in [0.3, 0.4) is 0 Å². The lowest BCUT2D eigenvalue weighted by Crippen LogP contribution is -2.47. The van der Waals surface area contributed by atoms with E-state index in [4.69, 9.17) is 0 Å². The maximum atomic E-state index is 13.6. The van der Waals surface area contributed by atoms with Gasteiger partial charge in [-0.3, -0.25) is 14.5 Å². The predicted octanol–water partition coefficient (Wildman–Crippen LogP) is 3.54. The van der Waals surface area contributed by atoms with Crippen molar-refractivity contribution in [3.63, 3.8) is 0 Å². The number of carbonyl (C=O) groups excluding carboxylic acids is 2. The molecule has 1 N–H and O–H groups in total. The first kappa shape index (κ1) is 21.7. The first-order valence-corrected chi connectivity index (χ1v) is 10.2. The molecule has 1 heterocycles. The van der Waals surface area contributed by atoms with Gasteiger partial charge in [-0.2, -0.15) is 0 Å². The number of aryl methyl sites for hydroxylation is 2. The lowest BCUT2D eigenvalue weighted by atomic mass is 10.1. The molecule has 2 aromatic carbocycles. The lowest BCUT2D eigenvalue weighted by Gasteiger charge is -2.34. The van der Waals surface area contributed by atoms with Crippen LogP contribution < -0.4 is 5.32 Å². The zero-order chi connectivity index (χ0) is 21.5. The number of halogens is 1. The summed E-state index contributed by atoms with van der Waals surface area (Å²) in [6, 6.07) is 12.9. The van der Waals surface area contributed by atoms with Crippen LogP contribution in [0.4, 0.5) is 10.1 Å². The van der Waals surface area contributed by atoms with E-state index in [1.165, 1.54) is 12.1 Å². The fourth-order valence-corrected chi connectivity index (χ4v) is 3.48. The van der Waals surface area contributed by atoms with Crippen LogP contribution in [-0.2, 0) is 22.6 Å². The molecular weight excluding hydrogens is 381 g/mol. The number of nitrogens with zero attached hydrogens (tertiary/aromatic N) is 2. The van der Waals surface area contributed by atoms with E-state index in [2.05, 4.69) is 16.8 Å². The number of piperazine rings is 1.